The molecule has 0 saturated carbocycles. The lowest BCUT2D eigenvalue weighted by Crippen LogP contribution is -2.35. The molecular weight excluding hydrogens is 336 g/mol. The van der Waals surface area contributed by atoms with Crippen LogP contribution in [-0.2, 0) is 6.42 Å². The SMILES string of the molecule is CC(C)CCNC(=O)c1cnc(N2CCC(Cc3ccccc3)CC2)nc1. The van der Waals surface area contributed by atoms with Gasteiger partial charge in [-0.2, -0.15) is 0 Å². The van der Waals surface area contributed by atoms with Crippen LogP contribution in [0, 0.1) is 11.8 Å². The maximum Gasteiger partial charge on any atom is 0.254 e. The molecule has 1 amide bonds. The fraction of sp³-hybridized carbons (Fsp3) is 0.500. The van der Waals surface area contributed by atoms with Gasteiger partial charge in [-0.1, -0.05) is 44.2 Å². The van der Waals surface area contributed by atoms with Crippen molar-refractivity contribution in [2.24, 2.45) is 11.8 Å². The number of hydrogen-bond donors (Lipinski definition) is 1. The summed E-state index contributed by atoms with van der Waals surface area (Å²) in [5.74, 6) is 1.93. The number of benzene rings is 1. The van der Waals surface area contributed by atoms with Crippen LogP contribution in [0.25, 0.3) is 0 Å². The minimum absolute atomic E-state index is 0.0937. The molecule has 1 aromatic carbocycles. The third-order valence-corrected chi connectivity index (χ3v) is 5.17. The Balaban J connectivity index is 1.47. The molecule has 0 bridgehead atoms. The Bertz CT molecular complexity index is 707. The molecule has 1 aliphatic rings. The first-order valence-electron chi connectivity index (χ1n) is 10.0. The first kappa shape index (κ1) is 19.3. The molecular formula is C22H30N4O. The minimum atomic E-state index is -0.0937. The van der Waals surface area contributed by atoms with Gasteiger partial charge >= 0.3 is 0 Å². The van der Waals surface area contributed by atoms with E-state index in [0.717, 1.165) is 50.6 Å². The van der Waals surface area contributed by atoms with Gasteiger partial charge in [0.05, 0.1) is 5.56 Å². The van der Waals surface area contributed by atoms with E-state index in [1.807, 2.05) is 0 Å². The van der Waals surface area contributed by atoms with Crippen molar-refractivity contribution in [3.8, 4) is 0 Å². The van der Waals surface area contributed by atoms with Gasteiger partial charge in [0.2, 0.25) is 5.95 Å². The van der Waals surface area contributed by atoms with E-state index in [2.05, 4.69) is 64.4 Å². The van der Waals surface area contributed by atoms with Gasteiger partial charge in [0.15, 0.2) is 0 Å². The summed E-state index contributed by atoms with van der Waals surface area (Å²) in [6, 6.07) is 10.7. The number of nitrogens with zero attached hydrogens (tertiary/aromatic N) is 3. The van der Waals surface area contributed by atoms with Crippen molar-refractivity contribution in [3.63, 3.8) is 0 Å². The van der Waals surface area contributed by atoms with Crippen molar-refractivity contribution in [1.29, 1.82) is 0 Å². The lowest BCUT2D eigenvalue weighted by Gasteiger charge is -2.32. The highest BCUT2D eigenvalue weighted by Crippen LogP contribution is 2.23. The molecule has 2 aromatic rings. The normalized spacial score (nSPS) is 15.1. The van der Waals surface area contributed by atoms with Gasteiger partial charge in [0.25, 0.3) is 5.91 Å². The number of anilines is 1. The molecule has 0 radical (unpaired) electrons. The standard InChI is InChI=1S/C22H30N4O/c1-17(2)8-11-23-21(27)20-15-24-22(25-16-20)26-12-9-19(10-13-26)14-18-6-4-3-5-7-18/h3-7,15-17,19H,8-14H2,1-2H3,(H,23,27). The van der Waals surface area contributed by atoms with E-state index in [4.69, 9.17) is 0 Å². The van der Waals surface area contributed by atoms with Crippen molar-refractivity contribution < 1.29 is 4.79 Å². The lowest BCUT2D eigenvalue weighted by atomic mass is 9.90. The third-order valence-electron chi connectivity index (χ3n) is 5.17. The lowest BCUT2D eigenvalue weighted by molar-refractivity contribution is 0.0951. The van der Waals surface area contributed by atoms with Crippen LogP contribution in [0.4, 0.5) is 5.95 Å². The van der Waals surface area contributed by atoms with Crippen LogP contribution in [-0.4, -0.2) is 35.5 Å². The van der Waals surface area contributed by atoms with Crippen molar-refractivity contribution >= 4 is 11.9 Å². The Labute approximate surface area is 162 Å². The molecule has 1 saturated heterocycles. The van der Waals surface area contributed by atoms with Gasteiger partial charge in [-0.15, -0.1) is 0 Å². The monoisotopic (exact) mass is 366 g/mol. The zero-order valence-corrected chi connectivity index (χ0v) is 16.4. The summed E-state index contributed by atoms with van der Waals surface area (Å²) in [5, 5.41) is 2.93. The molecule has 0 aliphatic carbocycles. The summed E-state index contributed by atoms with van der Waals surface area (Å²) >= 11 is 0. The van der Waals surface area contributed by atoms with Crippen LogP contribution >= 0.6 is 0 Å². The Hall–Kier alpha value is -2.43. The second kappa shape index (κ2) is 9.49. The number of rotatable bonds is 7. The highest BCUT2D eigenvalue weighted by atomic mass is 16.1. The predicted molar refractivity (Wildman–Crippen MR) is 109 cm³/mol. The number of aromatic nitrogens is 2. The van der Waals surface area contributed by atoms with Crippen molar-refractivity contribution in [1.82, 2.24) is 15.3 Å². The fourth-order valence-corrected chi connectivity index (χ4v) is 3.46. The summed E-state index contributed by atoms with van der Waals surface area (Å²) in [6.45, 7) is 6.92. The fourth-order valence-electron chi connectivity index (χ4n) is 3.46. The Morgan fingerprint density at radius 1 is 1.15 bits per heavy atom. The van der Waals surface area contributed by atoms with E-state index in [0.29, 0.717) is 18.0 Å². The first-order valence-corrected chi connectivity index (χ1v) is 10.0. The van der Waals surface area contributed by atoms with Crippen LogP contribution in [0.1, 0.15) is 49.0 Å². The van der Waals surface area contributed by atoms with Crippen LogP contribution < -0.4 is 10.2 Å². The van der Waals surface area contributed by atoms with Gasteiger partial charge in [-0.3, -0.25) is 4.79 Å². The third kappa shape index (κ3) is 5.78. The summed E-state index contributed by atoms with van der Waals surface area (Å²) in [7, 11) is 0. The average Bonchev–Trinajstić information content (AvgIpc) is 2.69. The Morgan fingerprint density at radius 2 is 1.81 bits per heavy atom. The number of carbonyl (C=O) groups is 1. The zero-order chi connectivity index (χ0) is 19.1. The Kier molecular flexibility index (Phi) is 6.80. The maximum absolute atomic E-state index is 12.1. The summed E-state index contributed by atoms with van der Waals surface area (Å²) in [6.07, 6.45) is 7.70. The topological polar surface area (TPSA) is 58.1 Å². The predicted octanol–water partition coefficient (Wildman–Crippen LogP) is 3.71. The second-order valence-electron chi connectivity index (χ2n) is 7.83. The molecule has 1 N–H and O–H groups in total. The number of nitrogens with one attached hydrogen (secondary N) is 1. The van der Waals surface area contributed by atoms with Gasteiger partial charge in [-0.25, -0.2) is 9.97 Å². The molecule has 0 atom stereocenters. The average molecular weight is 367 g/mol. The summed E-state index contributed by atoms with van der Waals surface area (Å²) < 4.78 is 0. The first-order chi connectivity index (χ1) is 13.1. The molecule has 27 heavy (non-hydrogen) atoms. The summed E-state index contributed by atoms with van der Waals surface area (Å²) in [5.41, 5.74) is 1.95. The van der Waals surface area contributed by atoms with E-state index in [1.165, 1.54) is 5.56 Å². The summed E-state index contributed by atoms with van der Waals surface area (Å²) in [4.78, 5) is 23.2. The smallest absolute Gasteiger partial charge is 0.254 e. The molecule has 3 rings (SSSR count). The maximum atomic E-state index is 12.1. The van der Waals surface area contributed by atoms with Gasteiger partial charge < -0.3 is 10.2 Å². The molecule has 0 unspecified atom stereocenters. The quantitative estimate of drug-likeness (QED) is 0.811. The molecule has 1 aromatic heterocycles. The van der Waals surface area contributed by atoms with Crippen molar-refractivity contribution in [3.05, 3.63) is 53.9 Å². The van der Waals surface area contributed by atoms with Crippen LogP contribution in [0.15, 0.2) is 42.7 Å². The van der Waals surface area contributed by atoms with Crippen LogP contribution in [0.3, 0.4) is 0 Å². The van der Waals surface area contributed by atoms with E-state index >= 15 is 0 Å². The van der Waals surface area contributed by atoms with E-state index in [1.54, 1.807) is 12.4 Å². The number of hydrogen-bond acceptors (Lipinski definition) is 4. The van der Waals surface area contributed by atoms with Gasteiger partial charge in [0, 0.05) is 32.0 Å². The molecule has 0 spiro atoms. The Morgan fingerprint density at radius 3 is 2.44 bits per heavy atom. The molecule has 5 nitrogen and oxygen atoms in total. The number of amides is 1. The number of piperidine rings is 1. The van der Waals surface area contributed by atoms with Crippen LogP contribution in [0.5, 0.6) is 0 Å². The van der Waals surface area contributed by atoms with Gasteiger partial charge in [-0.05, 0) is 43.1 Å². The molecule has 2 heterocycles. The van der Waals surface area contributed by atoms with E-state index < -0.39 is 0 Å². The largest absolute Gasteiger partial charge is 0.352 e. The van der Waals surface area contributed by atoms with E-state index in [9.17, 15) is 4.79 Å². The minimum Gasteiger partial charge on any atom is -0.352 e. The molecule has 1 aliphatic heterocycles. The van der Waals surface area contributed by atoms with E-state index in [-0.39, 0.29) is 5.91 Å². The van der Waals surface area contributed by atoms with Crippen molar-refractivity contribution in [2.45, 2.75) is 39.5 Å². The van der Waals surface area contributed by atoms with Crippen molar-refractivity contribution in [2.75, 3.05) is 24.5 Å². The zero-order valence-electron chi connectivity index (χ0n) is 16.4. The molecule has 5 heteroatoms. The molecule has 144 valence electrons. The highest BCUT2D eigenvalue weighted by molar-refractivity contribution is 5.93. The molecule has 1 fully saturated rings. The van der Waals surface area contributed by atoms with Crippen LogP contribution in [0.2, 0.25) is 0 Å². The number of carbonyl (C=O) groups excluding carboxylic acids is 1. The second-order valence-corrected chi connectivity index (χ2v) is 7.83. The van der Waals surface area contributed by atoms with Gasteiger partial charge in [0.1, 0.15) is 0 Å². The highest BCUT2D eigenvalue weighted by Gasteiger charge is 2.21.